The molecule has 1 aliphatic carbocycles. The maximum absolute atomic E-state index is 5.70. The lowest BCUT2D eigenvalue weighted by Gasteiger charge is -2.36. The van der Waals surface area contributed by atoms with E-state index < -0.39 is 0 Å². The van der Waals surface area contributed by atoms with E-state index in [9.17, 15) is 0 Å². The molecule has 20 heavy (non-hydrogen) atoms. The monoisotopic (exact) mass is 278 g/mol. The van der Waals surface area contributed by atoms with Gasteiger partial charge in [-0.3, -0.25) is 0 Å². The molecule has 0 atom stereocenters. The molecule has 1 N–H and O–H groups in total. The summed E-state index contributed by atoms with van der Waals surface area (Å²) in [5, 5.41) is 3.43. The highest BCUT2D eigenvalue weighted by molar-refractivity contribution is 5.13. The molecule has 0 saturated heterocycles. The van der Waals surface area contributed by atoms with Crippen molar-refractivity contribution in [3.8, 4) is 0 Å². The van der Waals surface area contributed by atoms with Crippen molar-refractivity contribution in [1.82, 2.24) is 10.3 Å². The Bertz CT molecular complexity index is 397. The predicted molar refractivity (Wildman–Crippen MR) is 82.7 cm³/mol. The molecule has 0 spiro atoms. The molecule has 0 radical (unpaired) electrons. The standard InChI is InChI=1S/C17H30N2O/c1-5-10-18-11-15-16(20-12-19-15)13-6-8-14(9-7-13)17(2,3)4/h12-14,18H,5-11H2,1-4H3. The Kier molecular flexibility index (Phi) is 5.25. The van der Waals surface area contributed by atoms with Crippen molar-refractivity contribution in [3.05, 3.63) is 17.8 Å². The van der Waals surface area contributed by atoms with Gasteiger partial charge in [0.15, 0.2) is 6.39 Å². The summed E-state index contributed by atoms with van der Waals surface area (Å²) in [5.74, 6) is 2.57. The van der Waals surface area contributed by atoms with Crippen LogP contribution in [-0.2, 0) is 6.54 Å². The van der Waals surface area contributed by atoms with Crippen LogP contribution >= 0.6 is 0 Å². The van der Waals surface area contributed by atoms with Gasteiger partial charge < -0.3 is 9.73 Å². The minimum atomic E-state index is 0.442. The summed E-state index contributed by atoms with van der Waals surface area (Å²) in [6, 6.07) is 0. The Morgan fingerprint density at radius 1 is 1.25 bits per heavy atom. The van der Waals surface area contributed by atoms with E-state index in [1.165, 1.54) is 25.7 Å². The number of nitrogens with one attached hydrogen (secondary N) is 1. The van der Waals surface area contributed by atoms with Crippen LogP contribution in [0, 0.1) is 11.3 Å². The summed E-state index contributed by atoms with van der Waals surface area (Å²) in [6.45, 7) is 11.2. The van der Waals surface area contributed by atoms with Crippen molar-refractivity contribution in [2.45, 2.75) is 72.3 Å². The van der Waals surface area contributed by atoms with Crippen LogP contribution in [-0.4, -0.2) is 11.5 Å². The lowest BCUT2D eigenvalue weighted by molar-refractivity contribution is 0.163. The van der Waals surface area contributed by atoms with Gasteiger partial charge in [-0.2, -0.15) is 0 Å². The van der Waals surface area contributed by atoms with E-state index in [1.807, 2.05) is 0 Å². The van der Waals surface area contributed by atoms with Crippen molar-refractivity contribution in [2.24, 2.45) is 11.3 Å². The number of hydrogen-bond donors (Lipinski definition) is 1. The number of nitrogens with zero attached hydrogens (tertiary/aromatic N) is 1. The van der Waals surface area contributed by atoms with E-state index in [0.717, 1.165) is 36.9 Å². The maximum Gasteiger partial charge on any atom is 0.181 e. The number of rotatable bonds is 5. The first-order valence-corrected chi connectivity index (χ1v) is 8.15. The Morgan fingerprint density at radius 3 is 2.55 bits per heavy atom. The molecule has 1 aromatic rings. The lowest BCUT2D eigenvalue weighted by Crippen LogP contribution is -2.25. The second-order valence-corrected chi connectivity index (χ2v) is 7.25. The van der Waals surface area contributed by atoms with Gasteiger partial charge in [0.05, 0.1) is 5.69 Å². The Hall–Kier alpha value is -0.830. The van der Waals surface area contributed by atoms with Gasteiger partial charge in [0.2, 0.25) is 0 Å². The molecule has 1 aromatic heterocycles. The fraction of sp³-hybridized carbons (Fsp3) is 0.824. The highest BCUT2D eigenvalue weighted by atomic mass is 16.3. The highest BCUT2D eigenvalue weighted by Gasteiger charge is 2.32. The molecule has 1 saturated carbocycles. The molecule has 0 aromatic carbocycles. The minimum Gasteiger partial charge on any atom is -0.448 e. The van der Waals surface area contributed by atoms with E-state index in [1.54, 1.807) is 6.39 Å². The second kappa shape index (κ2) is 6.75. The Morgan fingerprint density at radius 2 is 1.95 bits per heavy atom. The molecule has 0 aliphatic heterocycles. The molecule has 1 fully saturated rings. The average molecular weight is 278 g/mol. The van der Waals surface area contributed by atoms with E-state index in [4.69, 9.17) is 4.42 Å². The van der Waals surface area contributed by atoms with Gasteiger partial charge in [0.25, 0.3) is 0 Å². The average Bonchev–Trinajstić information content (AvgIpc) is 2.87. The third-order valence-corrected chi connectivity index (χ3v) is 4.71. The molecule has 2 rings (SSSR count). The summed E-state index contributed by atoms with van der Waals surface area (Å²) in [7, 11) is 0. The van der Waals surface area contributed by atoms with E-state index in [2.05, 4.69) is 38.0 Å². The topological polar surface area (TPSA) is 38.1 Å². The first-order valence-electron chi connectivity index (χ1n) is 8.15. The van der Waals surface area contributed by atoms with Gasteiger partial charge in [-0.25, -0.2) is 4.98 Å². The van der Waals surface area contributed by atoms with Crippen molar-refractivity contribution in [1.29, 1.82) is 0 Å². The predicted octanol–water partition coefficient (Wildman–Crippen LogP) is 4.49. The molecule has 3 heteroatoms. The fourth-order valence-electron chi connectivity index (χ4n) is 3.35. The smallest absolute Gasteiger partial charge is 0.181 e. The summed E-state index contributed by atoms with van der Waals surface area (Å²) >= 11 is 0. The maximum atomic E-state index is 5.70. The van der Waals surface area contributed by atoms with Crippen LogP contribution in [0.4, 0.5) is 0 Å². The number of hydrogen-bond acceptors (Lipinski definition) is 3. The van der Waals surface area contributed by atoms with Crippen LogP contribution in [0.1, 0.15) is 77.2 Å². The first kappa shape index (κ1) is 15.6. The Labute approximate surface area is 123 Å². The van der Waals surface area contributed by atoms with Crippen molar-refractivity contribution < 1.29 is 4.42 Å². The van der Waals surface area contributed by atoms with Crippen LogP contribution in [0.3, 0.4) is 0 Å². The van der Waals surface area contributed by atoms with E-state index in [0.29, 0.717) is 11.3 Å². The van der Waals surface area contributed by atoms with Gasteiger partial charge in [-0.15, -0.1) is 0 Å². The second-order valence-electron chi connectivity index (χ2n) is 7.25. The summed E-state index contributed by atoms with van der Waals surface area (Å²) < 4.78 is 5.70. The fourth-order valence-corrected chi connectivity index (χ4v) is 3.35. The Balaban J connectivity index is 1.92. The molecular weight excluding hydrogens is 248 g/mol. The highest BCUT2D eigenvalue weighted by Crippen LogP contribution is 2.43. The molecule has 3 nitrogen and oxygen atoms in total. The minimum absolute atomic E-state index is 0.442. The van der Waals surface area contributed by atoms with E-state index >= 15 is 0 Å². The van der Waals surface area contributed by atoms with Crippen molar-refractivity contribution in [2.75, 3.05) is 6.54 Å². The zero-order valence-corrected chi connectivity index (χ0v) is 13.5. The van der Waals surface area contributed by atoms with Crippen molar-refractivity contribution in [3.63, 3.8) is 0 Å². The quantitative estimate of drug-likeness (QED) is 0.806. The molecule has 1 heterocycles. The van der Waals surface area contributed by atoms with Gasteiger partial charge >= 0.3 is 0 Å². The summed E-state index contributed by atoms with van der Waals surface area (Å²) in [6.07, 6.45) is 7.90. The molecule has 1 aliphatic rings. The number of oxazole rings is 1. The van der Waals surface area contributed by atoms with Crippen LogP contribution < -0.4 is 5.32 Å². The van der Waals surface area contributed by atoms with E-state index in [-0.39, 0.29) is 0 Å². The zero-order chi connectivity index (χ0) is 14.6. The van der Waals surface area contributed by atoms with Crippen LogP contribution in [0.5, 0.6) is 0 Å². The van der Waals surface area contributed by atoms with Crippen LogP contribution in [0.25, 0.3) is 0 Å². The third kappa shape index (κ3) is 3.85. The van der Waals surface area contributed by atoms with Gasteiger partial charge in [-0.05, 0) is 50.0 Å². The third-order valence-electron chi connectivity index (χ3n) is 4.71. The molecule has 0 bridgehead atoms. The van der Waals surface area contributed by atoms with Crippen LogP contribution in [0.2, 0.25) is 0 Å². The molecular formula is C17H30N2O. The molecule has 0 unspecified atom stereocenters. The molecule has 0 amide bonds. The van der Waals surface area contributed by atoms with Gasteiger partial charge in [0.1, 0.15) is 5.76 Å². The lowest BCUT2D eigenvalue weighted by atomic mass is 9.69. The van der Waals surface area contributed by atoms with Crippen LogP contribution in [0.15, 0.2) is 10.8 Å². The largest absolute Gasteiger partial charge is 0.448 e. The van der Waals surface area contributed by atoms with Crippen molar-refractivity contribution >= 4 is 0 Å². The SMILES string of the molecule is CCCNCc1ncoc1C1CCC(C(C)(C)C)CC1. The van der Waals surface area contributed by atoms with Gasteiger partial charge in [-0.1, -0.05) is 27.7 Å². The first-order chi connectivity index (χ1) is 9.52. The molecule has 114 valence electrons. The summed E-state index contributed by atoms with van der Waals surface area (Å²) in [4.78, 5) is 4.40. The summed E-state index contributed by atoms with van der Waals surface area (Å²) in [5.41, 5.74) is 1.57. The zero-order valence-electron chi connectivity index (χ0n) is 13.5. The number of aromatic nitrogens is 1. The van der Waals surface area contributed by atoms with Gasteiger partial charge in [0, 0.05) is 12.5 Å². The normalized spacial score (nSPS) is 24.0.